The van der Waals surface area contributed by atoms with Crippen molar-refractivity contribution in [3.63, 3.8) is 0 Å². The van der Waals surface area contributed by atoms with E-state index in [4.69, 9.17) is 5.73 Å². The van der Waals surface area contributed by atoms with E-state index in [0.717, 1.165) is 36.3 Å². The number of nitrogens with one attached hydrogen (secondary N) is 2. The van der Waals surface area contributed by atoms with Crippen molar-refractivity contribution >= 4 is 57.8 Å². The number of nitrogens with two attached hydrogens (primary N) is 1. The SMILES string of the molecule is Nc1nc(/C(=N/O)C(=O)N[C@@H]2C(=O)[N+]3([O-])C(C(=O)O)=C(/C=C4\CCN([C@@H]5CCNC5)C4=O)CS[C@H]23)ns1. The molecule has 3 fully saturated rings. The fourth-order valence-electron chi connectivity index (χ4n) is 4.96. The number of rotatable bonds is 6. The zero-order chi connectivity index (χ0) is 26.5. The van der Waals surface area contributed by atoms with Crippen molar-refractivity contribution in [3.05, 3.63) is 34.0 Å². The zero-order valence-electron chi connectivity index (χ0n) is 19.1. The number of thioether (sulfide) groups is 1. The Labute approximate surface area is 217 Å². The summed E-state index contributed by atoms with van der Waals surface area (Å²) in [6.45, 7) is 2.01. The number of hydrogen-bond donors (Lipinski definition) is 5. The Bertz CT molecular complexity index is 1290. The van der Waals surface area contributed by atoms with Crippen molar-refractivity contribution in [1.82, 2.24) is 24.9 Å². The van der Waals surface area contributed by atoms with Gasteiger partial charge in [0.25, 0.3) is 5.91 Å². The van der Waals surface area contributed by atoms with Gasteiger partial charge in [0.05, 0.1) is 0 Å². The van der Waals surface area contributed by atoms with Crippen molar-refractivity contribution in [3.8, 4) is 0 Å². The fraction of sp³-hybridized carbons (Fsp3) is 0.450. The molecule has 3 amide bonds. The highest BCUT2D eigenvalue weighted by atomic mass is 32.2. The molecule has 0 bridgehead atoms. The van der Waals surface area contributed by atoms with Crippen LogP contribution in [0.2, 0.25) is 0 Å². The first-order valence-corrected chi connectivity index (χ1v) is 13.1. The number of carbonyl (C=O) groups excluding carboxylic acids is 3. The van der Waals surface area contributed by atoms with Crippen molar-refractivity contribution < 1.29 is 34.1 Å². The van der Waals surface area contributed by atoms with Crippen LogP contribution < -0.4 is 16.4 Å². The van der Waals surface area contributed by atoms with Crippen molar-refractivity contribution in [2.24, 2.45) is 5.16 Å². The number of allylic oxidation sites excluding steroid dienone is 1. The molecule has 3 saturated heterocycles. The maximum atomic E-state index is 13.6. The van der Waals surface area contributed by atoms with Crippen LogP contribution in [-0.4, -0.2) is 101 Å². The van der Waals surface area contributed by atoms with Gasteiger partial charge in [-0.3, -0.25) is 9.59 Å². The molecule has 0 radical (unpaired) electrons. The van der Waals surface area contributed by atoms with Gasteiger partial charge < -0.3 is 36.8 Å². The number of fused-ring (bicyclic) bond motifs is 1. The van der Waals surface area contributed by atoms with Gasteiger partial charge in [-0.2, -0.15) is 9.36 Å². The number of aromatic nitrogens is 2. The Morgan fingerprint density at radius 2 is 2.16 bits per heavy atom. The lowest BCUT2D eigenvalue weighted by molar-refractivity contribution is -0.805. The number of hydroxylamine groups is 3. The molecule has 5 heterocycles. The molecule has 5 rings (SSSR count). The Morgan fingerprint density at radius 3 is 2.78 bits per heavy atom. The highest BCUT2D eigenvalue weighted by molar-refractivity contribution is 8.00. The van der Waals surface area contributed by atoms with Crippen molar-refractivity contribution in [2.75, 3.05) is 31.1 Å². The third-order valence-corrected chi connectivity index (χ3v) is 8.65. The standard InChI is InChI=1S/C20H22N8O7S2/c21-20-24-14(26-37-20)11(25-34)15(29)23-12-17(31)28(35)13(19(32)33)9(7-36-18(12)28)5-8-2-4-27(16(8)30)10-1-3-22-6-10/h5,10,12,18,22,34H,1-4,6-7H2,(H,23,29)(H,32,33)(H2,21,24,26)/b8-5+,25-11-/t10-,12-,18-,28?/m1/s1. The molecule has 1 aromatic rings. The molecule has 4 atom stereocenters. The number of hydrogen-bond acceptors (Lipinski definition) is 13. The van der Waals surface area contributed by atoms with Crippen LogP contribution in [0.25, 0.3) is 0 Å². The minimum atomic E-state index is -1.79. The quantitative estimate of drug-likeness (QED) is 0.0523. The summed E-state index contributed by atoms with van der Waals surface area (Å²) in [5.74, 6) is -4.14. The van der Waals surface area contributed by atoms with E-state index in [0.29, 0.717) is 25.1 Å². The molecule has 15 nitrogen and oxygen atoms in total. The summed E-state index contributed by atoms with van der Waals surface area (Å²) < 4.78 is 1.99. The van der Waals surface area contributed by atoms with E-state index < -0.39 is 45.3 Å². The number of nitrogens with zero attached hydrogens (tertiary/aromatic N) is 5. The second-order valence-electron chi connectivity index (χ2n) is 8.80. The Balaban J connectivity index is 1.37. The van der Waals surface area contributed by atoms with Crippen molar-refractivity contribution in [1.29, 1.82) is 0 Å². The molecule has 4 aliphatic rings. The minimum Gasteiger partial charge on any atom is -0.619 e. The minimum absolute atomic E-state index is 0.0170. The monoisotopic (exact) mass is 550 g/mol. The number of nitrogen functional groups attached to an aromatic ring is 1. The average molecular weight is 551 g/mol. The summed E-state index contributed by atoms with van der Waals surface area (Å²) in [4.78, 5) is 56.2. The van der Waals surface area contributed by atoms with Gasteiger partial charge in [0, 0.05) is 47.6 Å². The summed E-state index contributed by atoms with van der Waals surface area (Å²) in [6, 6.07) is -1.27. The Kier molecular flexibility index (Phi) is 6.48. The molecular weight excluding hydrogens is 528 g/mol. The summed E-state index contributed by atoms with van der Waals surface area (Å²) in [5.41, 5.74) is 4.68. The maximum Gasteiger partial charge on any atom is 0.391 e. The number of carboxylic acids is 1. The Morgan fingerprint density at radius 1 is 1.38 bits per heavy atom. The molecule has 37 heavy (non-hydrogen) atoms. The molecular formula is C20H22N8O7S2. The van der Waals surface area contributed by atoms with Gasteiger partial charge in [-0.05, 0) is 25.5 Å². The largest absolute Gasteiger partial charge is 0.619 e. The van der Waals surface area contributed by atoms with Gasteiger partial charge in [-0.1, -0.05) is 16.9 Å². The summed E-state index contributed by atoms with van der Waals surface area (Å²) in [7, 11) is 0. The smallest absolute Gasteiger partial charge is 0.391 e. The van der Waals surface area contributed by atoms with Crippen LogP contribution in [0.1, 0.15) is 18.7 Å². The second-order valence-corrected chi connectivity index (χ2v) is 10.7. The predicted molar refractivity (Wildman–Crippen MR) is 130 cm³/mol. The van der Waals surface area contributed by atoms with Crippen molar-refractivity contribution in [2.45, 2.75) is 30.3 Å². The van der Waals surface area contributed by atoms with E-state index in [9.17, 15) is 34.7 Å². The number of likely N-dealkylation sites (tertiary alicyclic amines) is 1. The number of carboxylic acid groups (broad SMARTS) is 1. The van der Waals surface area contributed by atoms with Crippen LogP contribution in [0.15, 0.2) is 28.1 Å². The van der Waals surface area contributed by atoms with Crippen LogP contribution in [0.3, 0.4) is 0 Å². The molecule has 196 valence electrons. The van der Waals surface area contributed by atoms with Gasteiger partial charge in [0.1, 0.15) is 0 Å². The first-order valence-electron chi connectivity index (χ1n) is 11.2. The molecule has 0 spiro atoms. The van der Waals surface area contributed by atoms with Crippen LogP contribution in [0.4, 0.5) is 5.13 Å². The lowest BCUT2D eigenvalue weighted by Gasteiger charge is -2.57. The fourth-order valence-corrected chi connectivity index (χ4v) is 6.77. The molecule has 1 aromatic heterocycles. The normalized spacial score (nSPS) is 31.1. The van der Waals surface area contributed by atoms with Crippen LogP contribution in [-0.2, 0) is 19.2 Å². The van der Waals surface area contributed by atoms with E-state index in [-0.39, 0.29) is 34.2 Å². The van der Waals surface area contributed by atoms with Gasteiger partial charge in [-0.25, -0.2) is 14.2 Å². The van der Waals surface area contributed by atoms with E-state index in [1.54, 1.807) is 4.90 Å². The molecule has 0 aromatic carbocycles. The van der Waals surface area contributed by atoms with E-state index in [2.05, 4.69) is 25.1 Å². The number of carbonyl (C=O) groups is 4. The Hall–Kier alpha value is -3.38. The number of β-lactam (4-membered cyclic amide) rings is 1. The zero-order valence-corrected chi connectivity index (χ0v) is 20.8. The number of anilines is 1. The van der Waals surface area contributed by atoms with Gasteiger partial charge in [0.15, 0.2) is 10.5 Å². The summed E-state index contributed by atoms with van der Waals surface area (Å²) >= 11 is 1.76. The summed E-state index contributed by atoms with van der Waals surface area (Å²) in [5, 5.41) is 40.0. The molecule has 0 saturated carbocycles. The van der Waals surface area contributed by atoms with Gasteiger partial charge in [-0.15, -0.1) is 0 Å². The van der Waals surface area contributed by atoms with Gasteiger partial charge in [0.2, 0.25) is 29.2 Å². The lowest BCUT2D eigenvalue weighted by Crippen LogP contribution is -2.79. The third-order valence-electron chi connectivity index (χ3n) is 6.72. The average Bonchev–Trinajstić information content (AvgIpc) is 3.61. The topological polar surface area (TPSA) is 223 Å². The number of amides is 3. The number of aliphatic carboxylic acids is 1. The third kappa shape index (κ3) is 4.08. The van der Waals surface area contributed by atoms with E-state index in [1.807, 2.05) is 0 Å². The first-order chi connectivity index (χ1) is 17.7. The molecule has 0 aliphatic carbocycles. The lowest BCUT2D eigenvalue weighted by atomic mass is 9.99. The molecule has 6 N–H and O–H groups in total. The predicted octanol–water partition coefficient (Wildman–Crippen LogP) is -1.43. The summed E-state index contributed by atoms with van der Waals surface area (Å²) in [6.07, 6.45) is 2.66. The molecule has 17 heteroatoms. The maximum absolute atomic E-state index is 13.6. The highest BCUT2D eigenvalue weighted by Crippen LogP contribution is 2.47. The molecule has 4 aliphatic heterocycles. The van der Waals surface area contributed by atoms with E-state index in [1.165, 1.54) is 6.08 Å². The van der Waals surface area contributed by atoms with Gasteiger partial charge >= 0.3 is 11.9 Å². The number of quaternary nitrogens is 1. The first kappa shape index (κ1) is 25.3. The highest BCUT2D eigenvalue weighted by Gasteiger charge is 2.66. The number of oxime groups is 1. The second kappa shape index (κ2) is 9.49. The van der Waals surface area contributed by atoms with Crippen LogP contribution >= 0.6 is 23.3 Å². The molecule has 1 unspecified atom stereocenters. The van der Waals surface area contributed by atoms with Crippen LogP contribution in [0.5, 0.6) is 0 Å². The van der Waals surface area contributed by atoms with Crippen LogP contribution in [0, 0.1) is 5.21 Å². The van der Waals surface area contributed by atoms with E-state index >= 15 is 0 Å².